The molecule has 0 atom stereocenters. The van der Waals surface area contributed by atoms with Gasteiger partial charge < -0.3 is 9.47 Å². The lowest BCUT2D eigenvalue weighted by Gasteiger charge is -2.26. The van der Waals surface area contributed by atoms with E-state index >= 15 is 0 Å². The van der Waals surface area contributed by atoms with Crippen LogP contribution in [0.3, 0.4) is 0 Å². The lowest BCUT2D eigenvalue weighted by molar-refractivity contribution is 0.0358. The van der Waals surface area contributed by atoms with Gasteiger partial charge >= 0.3 is 0 Å². The van der Waals surface area contributed by atoms with Crippen molar-refractivity contribution in [1.29, 1.82) is 0 Å². The molecule has 2 rings (SSSR count). The second kappa shape index (κ2) is 7.34. The fourth-order valence-corrected chi connectivity index (χ4v) is 2.62. The second-order valence-electron chi connectivity index (χ2n) is 4.23. The molecule has 1 saturated heterocycles. The van der Waals surface area contributed by atoms with E-state index in [2.05, 4.69) is 20.8 Å². The Balaban J connectivity index is 1.68. The first kappa shape index (κ1) is 14.1. The monoisotopic (exact) mass is 333 g/mol. The summed E-state index contributed by atoms with van der Waals surface area (Å²) in [5.41, 5.74) is 0. The van der Waals surface area contributed by atoms with Crippen LogP contribution in [0.1, 0.15) is 6.42 Å². The van der Waals surface area contributed by atoms with Gasteiger partial charge in [0.15, 0.2) is 0 Å². The number of hydrogen-bond donors (Lipinski definition) is 0. The van der Waals surface area contributed by atoms with Crippen LogP contribution in [0.25, 0.3) is 0 Å². The molecule has 0 spiro atoms. The fourth-order valence-electron chi connectivity index (χ4n) is 1.89. The maximum atomic E-state index is 6.08. The second-order valence-corrected chi connectivity index (χ2v) is 5.55. The van der Waals surface area contributed by atoms with Crippen molar-refractivity contribution in [1.82, 2.24) is 4.90 Å². The van der Waals surface area contributed by atoms with E-state index in [9.17, 15) is 0 Å². The van der Waals surface area contributed by atoms with E-state index in [-0.39, 0.29) is 0 Å². The normalized spacial score (nSPS) is 16.8. The first-order valence-corrected chi connectivity index (χ1v) is 7.31. The topological polar surface area (TPSA) is 21.7 Å². The molecule has 0 aromatic heterocycles. The van der Waals surface area contributed by atoms with Crippen LogP contribution in [0.15, 0.2) is 22.7 Å². The molecule has 0 bridgehead atoms. The molecule has 3 nitrogen and oxygen atoms in total. The molecule has 1 aliphatic rings. The van der Waals surface area contributed by atoms with Crippen molar-refractivity contribution in [3.8, 4) is 5.75 Å². The van der Waals surface area contributed by atoms with Gasteiger partial charge in [0.1, 0.15) is 5.75 Å². The standard InChI is InChI=1S/C13H17BrClNO2/c14-11-2-3-13(12(15)10-11)18-7-1-4-16-5-8-17-9-6-16/h2-3,10H,1,4-9H2. The van der Waals surface area contributed by atoms with Gasteiger partial charge in [-0.05, 0) is 24.6 Å². The predicted molar refractivity (Wildman–Crippen MR) is 76.5 cm³/mol. The number of rotatable bonds is 5. The minimum absolute atomic E-state index is 0.649. The Kier molecular flexibility index (Phi) is 5.76. The highest BCUT2D eigenvalue weighted by atomic mass is 79.9. The Hall–Kier alpha value is -0.290. The summed E-state index contributed by atoms with van der Waals surface area (Å²) in [6.45, 7) is 5.49. The van der Waals surface area contributed by atoms with Crippen molar-refractivity contribution in [2.45, 2.75) is 6.42 Å². The third-order valence-electron chi connectivity index (χ3n) is 2.87. The average molecular weight is 335 g/mol. The minimum Gasteiger partial charge on any atom is -0.492 e. The summed E-state index contributed by atoms with van der Waals surface area (Å²) in [5, 5.41) is 0.649. The van der Waals surface area contributed by atoms with Gasteiger partial charge in [-0.15, -0.1) is 0 Å². The van der Waals surface area contributed by atoms with Gasteiger partial charge in [-0.25, -0.2) is 0 Å². The smallest absolute Gasteiger partial charge is 0.137 e. The summed E-state index contributed by atoms with van der Waals surface area (Å²) in [5.74, 6) is 0.752. The van der Waals surface area contributed by atoms with Crippen LogP contribution < -0.4 is 4.74 Å². The Morgan fingerprint density at radius 2 is 2.11 bits per heavy atom. The molecule has 1 aromatic rings. The van der Waals surface area contributed by atoms with Crippen molar-refractivity contribution in [2.75, 3.05) is 39.5 Å². The third-order valence-corrected chi connectivity index (χ3v) is 3.66. The largest absolute Gasteiger partial charge is 0.492 e. The van der Waals surface area contributed by atoms with Crippen LogP contribution in [0, 0.1) is 0 Å². The third kappa shape index (κ3) is 4.43. The first-order valence-electron chi connectivity index (χ1n) is 6.13. The molecule has 0 N–H and O–H groups in total. The molecule has 0 saturated carbocycles. The lowest BCUT2D eigenvalue weighted by atomic mass is 10.3. The molecular weight excluding hydrogens is 318 g/mol. The molecule has 1 fully saturated rings. The van der Waals surface area contributed by atoms with E-state index in [0.717, 1.165) is 49.5 Å². The molecular formula is C13H17BrClNO2. The number of nitrogens with zero attached hydrogens (tertiary/aromatic N) is 1. The van der Waals surface area contributed by atoms with Crippen LogP contribution in [0.4, 0.5) is 0 Å². The Bertz CT molecular complexity index is 383. The molecule has 0 amide bonds. The number of hydrogen-bond acceptors (Lipinski definition) is 3. The van der Waals surface area contributed by atoms with Crippen molar-refractivity contribution in [3.05, 3.63) is 27.7 Å². The van der Waals surface area contributed by atoms with E-state index in [4.69, 9.17) is 21.1 Å². The Morgan fingerprint density at radius 1 is 1.33 bits per heavy atom. The van der Waals surface area contributed by atoms with E-state index in [1.54, 1.807) is 0 Å². The van der Waals surface area contributed by atoms with Gasteiger partial charge in [0.05, 0.1) is 24.8 Å². The van der Waals surface area contributed by atoms with E-state index < -0.39 is 0 Å². The summed E-state index contributed by atoms with van der Waals surface area (Å²) in [6, 6.07) is 5.67. The number of halogens is 2. The van der Waals surface area contributed by atoms with Gasteiger partial charge in [-0.3, -0.25) is 4.90 Å². The zero-order chi connectivity index (χ0) is 12.8. The summed E-state index contributed by atoms with van der Waals surface area (Å²) in [6.07, 6.45) is 1.01. The number of morpholine rings is 1. The van der Waals surface area contributed by atoms with Crippen molar-refractivity contribution in [3.63, 3.8) is 0 Å². The quantitative estimate of drug-likeness (QED) is 0.772. The van der Waals surface area contributed by atoms with E-state index in [1.165, 1.54) is 0 Å². The van der Waals surface area contributed by atoms with Gasteiger partial charge in [0.2, 0.25) is 0 Å². The van der Waals surface area contributed by atoms with Crippen LogP contribution >= 0.6 is 27.5 Å². The van der Waals surface area contributed by atoms with Gasteiger partial charge in [0.25, 0.3) is 0 Å². The molecule has 0 unspecified atom stereocenters. The average Bonchev–Trinajstić information content (AvgIpc) is 2.38. The molecule has 1 heterocycles. The van der Waals surface area contributed by atoms with Gasteiger partial charge in [-0.1, -0.05) is 27.5 Å². The van der Waals surface area contributed by atoms with Crippen molar-refractivity contribution in [2.24, 2.45) is 0 Å². The molecule has 5 heteroatoms. The maximum Gasteiger partial charge on any atom is 0.137 e. The van der Waals surface area contributed by atoms with E-state index in [0.29, 0.717) is 11.6 Å². The van der Waals surface area contributed by atoms with Crippen LogP contribution in [-0.4, -0.2) is 44.4 Å². The lowest BCUT2D eigenvalue weighted by Crippen LogP contribution is -2.37. The molecule has 0 radical (unpaired) electrons. The maximum absolute atomic E-state index is 6.08. The molecule has 1 aromatic carbocycles. The fraction of sp³-hybridized carbons (Fsp3) is 0.538. The number of benzene rings is 1. The van der Waals surface area contributed by atoms with Gasteiger partial charge in [0, 0.05) is 24.1 Å². The Labute approximate surface area is 121 Å². The zero-order valence-corrected chi connectivity index (χ0v) is 12.5. The molecule has 100 valence electrons. The summed E-state index contributed by atoms with van der Waals surface area (Å²) in [7, 11) is 0. The molecule has 1 aliphatic heterocycles. The first-order chi connectivity index (χ1) is 8.75. The van der Waals surface area contributed by atoms with Gasteiger partial charge in [-0.2, -0.15) is 0 Å². The van der Waals surface area contributed by atoms with Crippen molar-refractivity contribution < 1.29 is 9.47 Å². The predicted octanol–water partition coefficient (Wildman–Crippen LogP) is 3.20. The molecule has 0 aliphatic carbocycles. The SMILES string of the molecule is Clc1cc(Br)ccc1OCCCN1CCOCC1. The number of ether oxygens (including phenoxy) is 2. The summed E-state index contributed by atoms with van der Waals surface area (Å²) >= 11 is 9.45. The van der Waals surface area contributed by atoms with E-state index in [1.807, 2.05) is 18.2 Å². The molecule has 18 heavy (non-hydrogen) atoms. The summed E-state index contributed by atoms with van der Waals surface area (Å²) in [4.78, 5) is 2.40. The van der Waals surface area contributed by atoms with Crippen LogP contribution in [-0.2, 0) is 4.74 Å². The summed E-state index contributed by atoms with van der Waals surface area (Å²) < 4.78 is 11.9. The van der Waals surface area contributed by atoms with Crippen molar-refractivity contribution >= 4 is 27.5 Å². The highest BCUT2D eigenvalue weighted by Gasteiger charge is 2.09. The highest BCUT2D eigenvalue weighted by Crippen LogP contribution is 2.27. The van der Waals surface area contributed by atoms with Crippen LogP contribution in [0.5, 0.6) is 5.75 Å². The van der Waals surface area contributed by atoms with Crippen LogP contribution in [0.2, 0.25) is 5.02 Å². The Morgan fingerprint density at radius 3 is 2.83 bits per heavy atom. The highest BCUT2D eigenvalue weighted by molar-refractivity contribution is 9.10. The minimum atomic E-state index is 0.649. The zero-order valence-electron chi connectivity index (χ0n) is 10.2.